The van der Waals surface area contributed by atoms with Crippen LogP contribution in [0, 0.1) is 5.41 Å². The molecular formula is C53H82N7O17P3S-4. The van der Waals surface area contributed by atoms with Crippen LogP contribution in [0.15, 0.2) is 85.6 Å². The first-order valence-electron chi connectivity index (χ1n) is 27.4. The van der Waals surface area contributed by atoms with Gasteiger partial charge in [-0.1, -0.05) is 157 Å². The monoisotopic (exact) mass is 1210 g/mol. The van der Waals surface area contributed by atoms with Gasteiger partial charge in [0.2, 0.25) is 11.8 Å². The number of nitrogens with one attached hydrogen (secondary N) is 2. The third-order valence-corrected chi connectivity index (χ3v) is 16.3. The summed E-state index contributed by atoms with van der Waals surface area (Å²) in [6, 6.07) is 0. The lowest BCUT2D eigenvalue weighted by molar-refractivity contribution is -0.347. The Bertz CT molecular complexity index is 2540. The molecule has 2 amide bonds. The quantitative estimate of drug-likeness (QED) is 0.0268. The Kier molecular flexibility index (Phi) is 34.1. The van der Waals surface area contributed by atoms with E-state index in [1.54, 1.807) is 0 Å². The zero-order chi connectivity index (χ0) is 59.6. The number of allylic oxidation sites excluding steroid dienone is 12. The summed E-state index contributed by atoms with van der Waals surface area (Å²) in [5, 5.41) is 26.6. The molecule has 81 heavy (non-hydrogen) atoms. The molecule has 0 radical (unpaired) electrons. The lowest BCUT2D eigenvalue weighted by atomic mass is 9.87. The van der Waals surface area contributed by atoms with Crippen LogP contribution < -0.4 is 35.9 Å². The zero-order valence-corrected chi connectivity index (χ0v) is 50.1. The number of imidazole rings is 1. The van der Waals surface area contributed by atoms with Gasteiger partial charge in [0, 0.05) is 37.1 Å². The molecule has 456 valence electrons. The Hall–Kier alpha value is -4.00. The smallest absolute Gasteiger partial charge is 0.274 e. The van der Waals surface area contributed by atoms with Crippen molar-refractivity contribution in [1.29, 1.82) is 0 Å². The van der Waals surface area contributed by atoms with Crippen molar-refractivity contribution < 1.29 is 80.5 Å². The number of phosphoric ester groups is 3. The number of nitrogens with two attached hydrogens (primary N) is 1. The third-order valence-electron chi connectivity index (χ3n) is 12.3. The van der Waals surface area contributed by atoms with Crippen LogP contribution in [0.25, 0.3) is 11.2 Å². The van der Waals surface area contributed by atoms with Gasteiger partial charge < -0.3 is 69.0 Å². The first-order chi connectivity index (χ1) is 38.6. The second kappa shape index (κ2) is 38.8. The summed E-state index contributed by atoms with van der Waals surface area (Å²) in [7, 11) is -17.6. The van der Waals surface area contributed by atoms with Crippen molar-refractivity contribution in [2.24, 2.45) is 5.41 Å². The summed E-state index contributed by atoms with van der Waals surface area (Å²) < 4.78 is 61.0. The Balaban J connectivity index is 1.17. The van der Waals surface area contributed by atoms with Crippen molar-refractivity contribution in [3.8, 4) is 0 Å². The third kappa shape index (κ3) is 30.4. The molecule has 1 saturated heterocycles. The maximum atomic E-state index is 12.7. The molecule has 0 aliphatic carbocycles. The van der Waals surface area contributed by atoms with Crippen molar-refractivity contribution in [1.82, 2.24) is 30.2 Å². The zero-order valence-electron chi connectivity index (χ0n) is 46.6. The number of aliphatic hydroxyl groups excluding tert-OH is 2. The number of aromatic nitrogens is 4. The standard InChI is InChI=1S/C53H86N7O17P3S/c1-4-5-6-7-8-9-10-11-12-13-14-15-16-17-18-19-20-21-22-23-24-25-26-27-28-29-30-31-32-33-44(62)81-37-36-55-43(61)34-35-56-51(65)48(64)53(2,3)39-74-80(71,72)77-79(69,70)73-38-42-47(76-78(66,67)68)46(63)52(75-42)60-41-59-45-49(54)57-40-58-50(45)60/h5-6,8-9,11-12,14-15,17-18,20-21,40-42,46-48,52,63-64H,4,7,10,13,16,19,22-39H2,1-3H3,(H,55,61)(H,56,65)(H,69,70)(H,71,72)(H2,54,57,58)(H2,66,67,68)/p-4/b6-5-,9-8-,12-11-,15-14-,18-17-,21-20-/t42-,46-,47-,48+,52-/m1/s1. The number of anilines is 1. The van der Waals surface area contributed by atoms with E-state index in [1.165, 1.54) is 52.4 Å². The van der Waals surface area contributed by atoms with Crippen LogP contribution in [-0.2, 0) is 50.7 Å². The number of carbonyl (C=O) groups excluding carboxylic acids is 3. The highest BCUT2D eigenvalue weighted by atomic mass is 32.2. The molecule has 1 aliphatic heterocycles. The van der Waals surface area contributed by atoms with Gasteiger partial charge in [-0.2, -0.15) is 0 Å². The number of phosphoric acid groups is 3. The highest BCUT2D eigenvalue weighted by Crippen LogP contribution is 2.56. The van der Waals surface area contributed by atoms with E-state index in [9.17, 15) is 57.9 Å². The van der Waals surface area contributed by atoms with E-state index in [0.29, 0.717) is 12.2 Å². The van der Waals surface area contributed by atoms with Crippen LogP contribution in [0.5, 0.6) is 0 Å². The van der Waals surface area contributed by atoms with E-state index in [1.807, 2.05) is 0 Å². The molecule has 28 heteroatoms. The topological polar surface area (TPSA) is 375 Å². The number of thioether (sulfide) groups is 1. The molecule has 1 aliphatic rings. The van der Waals surface area contributed by atoms with Gasteiger partial charge in [0.25, 0.3) is 15.6 Å². The number of carbonyl (C=O) groups is 3. The SMILES string of the molecule is CC/C=C\C/C=C\C/C=C\C/C=C\C/C=C\C/C=C\CCCCCCCCCCCCC(=O)SCCNC(=O)CCNC(=O)[C@H](O)C(C)(C)COP(=O)([O-])OP(=O)([O-])OC[C@H]1O[C@@H](n2cnc3c(N)ncnc32)[C@H](O)[C@@H]1OP(=O)([O-])[O-]. The number of fused-ring (bicyclic) bond motifs is 1. The fourth-order valence-electron chi connectivity index (χ4n) is 7.93. The average molecular weight is 1210 g/mol. The Labute approximate surface area is 480 Å². The van der Waals surface area contributed by atoms with E-state index >= 15 is 0 Å². The van der Waals surface area contributed by atoms with Crippen LogP contribution in [0.1, 0.15) is 149 Å². The molecule has 3 heterocycles. The van der Waals surface area contributed by atoms with Crippen LogP contribution in [0.3, 0.4) is 0 Å². The van der Waals surface area contributed by atoms with Gasteiger partial charge in [-0.3, -0.25) is 28.1 Å². The predicted octanol–water partition coefficient (Wildman–Crippen LogP) is 6.52. The maximum absolute atomic E-state index is 12.7. The molecule has 0 saturated carbocycles. The number of ether oxygens (including phenoxy) is 1. The van der Waals surface area contributed by atoms with Crippen LogP contribution in [0.2, 0.25) is 0 Å². The minimum absolute atomic E-state index is 0.0198. The summed E-state index contributed by atoms with van der Waals surface area (Å²) >= 11 is 1.14. The number of nitrogens with zero attached hydrogens (tertiary/aromatic N) is 4. The van der Waals surface area contributed by atoms with Crippen molar-refractivity contribution in [2.45, 2.75) is 173 Å². The van der Waals surface area contributed by atoms with Gasteiger partial charge in [0.15, 0.2) is 22.8 Å². The van der Waals surface area contributed by atoms with E-state index in [4.69, 9.17) is 10.5 Å². The van der Waals surface area contributed by atoms with Crippen molar-refractivity contribution in [2.75, 3.05) is 37.8 Å². The van der Waals surface area contributed by atoms with Gasteiger partial charge in [0.1, 0.15) is 36.3 Å². The molecule has 6 N–H and O–H groups in total. The number of aliphatic hydroxyl groups is 2. The number of nitrogen functional groups attached to an aromatic ring is 1. The van der Waals surface area contributed by atoms with Crippen molar-refractivity contribution in [3.05, 3.63) is 85.6 Å². The van der Waals surface area contributed by atoms with Gasteiger partial charge in [-0.15, -0.1) is 0 Å². The predicted molar refractivity (Wildman–Crippen MR) is 302 cm³/mol. The first kappa shape index (κ1) is 71.3. The molecule has 1 fully saturated rings. The second-order valence-corrected chi connectivity index (χ2v) is 24.9. The van der Waals surface area contributed by atoms with Crippen LogP contribution >= 0.6 is 35.2 Å². The van der Waals surface area contributed by atoms with Crippen LogP contribution in [-0.4, -0.2) is 103 Å². The first-order valence-corrected chi connectivity index (χ1v) is 32.8. The number of amides is 2. The molecular weight excluding hydrogens is 1130 g/mol. The largest absolute Gasteiger partial charge is 0.790 e. The van der Waals surface area contributed by atoms with Crippen LogP contribution in [0.4, 0.5) is 5.82 Å². The number of hydrogen-bond donors (Lipinski definition) is 5. The van der Waals surface area contributed by atoms with E-state index in [2.05, 4.69) is 123 Å². The highest BCUT2D eigenvalue weighted by molar-refractivity contribution is 8.13. The Morgan fingerprint density at radius 1 is 0.765 bits per heavy atom. The van der Waals surface area contributed by atoms with E-state index in [0.717, 1.165) is 99.6 Å². The lowest BCUT2D eigenvalue weighted by Gasteiger charge is -2.36. The number of hydrogen-bond acceptors (Lipinski definition) is 22. The van der Waals surface area contributed by atoms with Gasteiger partial charge in [-0.25, -0.2) is 19.3 Å². The average Bonchev–Trinajstić information content (AvgIpc) is 4.11. The molecule has 2 aromatic heterocycles. The molecule has 2 aromatic rings. The molecule has 0 aromatic carbocycles. The molecule has 2 unspecified atom stereocenters. The summed E-state index contributed by atoms with van der Waals surface area (Å²) in [5.74, 6) is -1.15. The summed E-state index contributed by atoms with van der Waals surface area (Å²) in [5.41, 5.74) is 4.09. The fraction of sp³-hybridized carbons (Fsp3) is 0.623. The van der Waals surface area contributed by atoms with E-state index in [-0.39, 0.29) is 41.6 Å². The Morgan fingerprint density at radius 3 is 1.89 bits per heavy atom. The highest BCUT2D eigenvalue weighted by Gasteiger charge is 2.47. The molecule has 0 bridgehead atoms. The van der Waals surface area contributed by atoms with Gasteiger partial charge in [0.05, 0.1) is 27.4 Å². The molecule has 7 atom stereocenters. The van der Waals surface area contributed by atoms with E-state index < -0.39 is 84.6 Å². The van der Waals surface area contributed by atoms with Crippen molar-refractivity contribution in [3.63, 3.8) is 0 Å². The minimum Gasteiger partial charge on any atom is -0.790 e. The Morgan fingerprint density at radius 2 is 1.31 bits per heavy atom. The number of unbranched alkanes of at least 4 members (excludes halogenated alkanes) is 10. The normalized spacial score (nSPS) is 19.3. The summed E-state index contributed by atoms with van der Waals surface area (Å²) in [6.45, 7) is 2.30. The van der Waals surface area contributed by atoms with Gasteiger partial charge in [-0.05, 0) is 57.8 Å². The minimum atomic E-state index is -5.93. The number of rotatable bonds is 43. The molecule has 0 spiro atoms. The lowest BCUT2D eigenvalue weighted by Crippen LogP contribution is -2.46. The maximum Gasteiger partial charge on any atom is 0.274 e. The van der Waals surface area contributed by atoms with Gasteiger partial charge >= 0.3 is 0 Å². The second-order valence-electron chi connectivity index (χ2n) is 19.7. The summed E-state index contributed by atoms with van der Waals surface area (Å²) in [6.07, 6.45) is 38.1. The fourth-order valence-corrected chi connectivity index (χ4v) is 11.4. The molecule has 3 rings (SSSR count). The summed E-state index contributed by atoms with van der Waals surface area (Å²) in [4.78, 5) is 97.2. The van der Waals surface area contributed by atoms with Crippen molar-refractivity contribution >= 4 is 69.1 Å². The molecule has 24 nitrogen and oxygen atoms in total.